The molecule has 0 bridgehead atoms. The molecule has 1 fully saturated rings. The summed E-state index contributed by atoms with van der Waals surface area (Å²) < 4.78 is 15.1. The van der Waals surface area contributed by atoms with Crippen LogP contribution in [0.5, 0.6) is 0 Å². The van der Waals surface area contributed by atoms with E-state index in [9.17, 15) is 4.39 Å². The maximum Gasteiger partial charge on any atom is 0.123 e. The van der Waals surface area contributed by atoms with Gasteiger partial charge in [0, 0.05) is 55.8 Å². The van der Waals surface area contributed by atoms with Gasteiger partial charge in [0.25, 0.3) is 0 Å². The predicted octanol–water partition coefficient (Wildman–Crippen LogP) is 3.40. The fraction of sp³-hybridized carbons (Fsp3) is 0.350. The molecule has 1 aliphatic rings. The van der Waals surface area contributed by atoms with Crippen LogP contribution in [0.4, 0.5) is 4.39 Å². The van der Waals surface area contributed by atoms with E-state index in [0.717, 1.165) is 49.4 Å². The molecule has 0 radical (unpaired) electrons. The molecule has 134 valence electrons. The standard InChI is InChI=1S/C20H22FN5/c1-25-12-15(11-24-25)13-26-10-2-3-17(14-26)20-19(22-8-9-23-20)16-4-6-18(21)7-5-16/h4-9,11-12,17H,2-3,10,13-14H2,1H3. The lowest BCUT2D eigenvalue weighted by Crippen LogP contribution is -2.34. The third-order valence-corrected chi connectivity index (χ3v) is 4.90. The summed E-state index contributed by atoms with van der Waals surface area (Å²) in [6, 6.07) is 6.50. The van der Waals surface area contributed by atoms with Crippen molar-refractivity contribution in [3.8, 4) is 11.3 Å². The van der Waals surface area contributed by atoms with Crippen molar-refractivity contribution in [1.82, 2.24) is 24.6 Å². The number of piperidine rings is 1. The summed E-state index contributed by atoms with van der Waals surface area (Å²) in [5, 5.41) is 4.26. The average molecular weight is 351 g/mol. The summed E-state index contributed by atoms with van der Waals surface area (Å²) >= 11 is 0. The molecule has 0 spiro atoms. The van der Waals surface area contributed by atoms with Gasteiger partial charge in [-0.25, -0.2) is 4.39 Å². The van der Waals surface area contributed by atoms with Gasteiger partial charge >= 0.3 is 0 Å². The summed E-state index contributed by atoms with van der Waals surface area (Å²) in [7, 11) is 1.94. The quantitative estimate of drug-likeness (QED) is 0.723. The summed E-state index contributed by atoms with van der Waals surface area (Å²) in [6.45, 7) is 2.93. The first kappa shape index (κ1) is 16.8. The highest BCUT2D eigenvalue weighted by atomic mass is 19.1. The fourth-order valence-electron chi connectivity index (χ4n) is 3.71. The number of rotatable bonds is 4. The third-order valence-electron chi connectivity index (χ3n) is 4.90. The number of halogens is 1. The molecular formula is C20H22FN5. The number of aromatic nitrogens is 4. The molecule has 4 rings (SSSR count). The zero-order chi connectivity index (χ0) is 17.9. The summed E-state index contributed by atoms with van der Waals surface area (Å²) in [5.74, 6) is 0.0914. The minimum atomic E-state index is -0.237. The van der Waals surface area contributed by atoms with Gasteiger partial charge in [0.1, 0.15) is 5.82 Å². The van der Waals surface area contributed by atoms with E-state index in [2.05, 4.69) is 26.2 Å². The van der Waals surface area contributed by atoms with Gasteiger partial charge in [0.2, 0.25) is 0 Å². The molecule has 6 heteroatoms. The molecule has 1 atom stereocenters. The van der Waals surface area contributed by atoms with Gasteiger partial charge in [-0.2, -0.15) is 5.10 Å². The van der Waals surface area contributed by atoms with Crippen LogP contribution < -0.4 is 0 Å². The van der Waals surface area contributed by atoms with Gasteiger partial charge < -0.3 is 0 Å². The third kappa shape index (κ3) is 3.65. The fourth-order valence-corrected chi connectivity index (χ4v) is 3.71. The van der Waals surface area contributed by atoms with Crippen LogP contribution in [0.1, 0.15) is 30.0 Å². The average Bonchev–Trinajstić information content (AvgIpc) is 3.07. The maximum atomic E-state index is 13.3. The molecule has 0 aliphatic carbocycles. The second-order valence-electron chi connectivity index (χ2n) is 6.89. The SMILES string of the molecule is Cn1cc(CN2CCCC(c3nccnc3-c3ccc(F)cc3)C2)cn1. The zero-order valence-corrected chi connectivity index (χ0v) is 14.8. The Hall–Kier alpha value is -2.60. The molecule has 1 aliphatic heterocycles. The van der Waals surface area contributed by atoms with Crippen molar-refractivity contribution >= 4 is 0 Å². The van der Waals surface area contributed by atoms with Crippen LogP contribution in [0.15, 0.2) is 49.1 Å². The molecule has 3 heterocycles. The highest BCUT2D eigenvalue weighted by Crippen LogP contribution is 2.32. The highest BCUT2D eigenvalue weighted by molar-refractivity contribution is 5.62. The van der Waals surface area contributed by atoms with Crippen molar-refractivity contribution in [3.05, 3.63) is 66.1 Å². The Labute approximate surface area is 152 Å². The predicted molar refractivity (Wildman–Crippen MR) is 97.9 cm³/mol. The molecule has 3 aromatic rings. The summed E-state index contributed by atoms with van der Waals surface area (Å²) in [5.41, 5.74) is 4.01. The second-order valence-corrected chi connectivity index (χ2v) is 6.89. The van der Waals surface area contributed by atoms with Crippen molar-refractivity contribution in [2.45, 2.75) is 25.3 Å². The smallest absolute Gasteiger partial charge is 0.123 e. The van der Waals surface area contributed by atoms with Crippen molar-refractivity contribution in [2.24, 2.45) is 7.05 Å². The Morgan fingerprint density at radius 3 is 2.73 bits per heavy atom. The Balaban J connectivity index is 1.56. The summed E-state index contributed by atoms with van der Waals surface area (Å²) in [6.07, 6.45) is 9.67. The lowest BCUT2D eigenvalue weighted by Gasteiger charge is -2.32. The van der Waals surface area contributed by atoms with Gasteiger partial charge in [-0.15, -0.1) is 0 Å². The van der Waals surface area contributed by atoms with Gasteiger partial charge in [-0.3, -0.25) is 19.5 Å². The van der Waals surface area contributed by atoms with Gasteiger partial charge in [-0.05, 0) is 43.7 Å². The maximum absolute atomic E-state index is 13.3. The van der Waals surface area contributed by atoms with E-state index in [1.165, 1.54) is 17.7 Å². The van der Waals surface area contributed by atoms with E-state index in [1.54, 1.807) is 24.5 Å². The van der Waals surface area contributed by atoms with E-state index in [0.29, 0.717) is 5.92 Å². The molecule has 2 aromatic heterocycles. The molecule has 0 amide bonds. The first-order valence-electron chi connectivity index (χ1n) is 8.96. The molecule has 26 heavy (non-hydrogen) atoms. The van der Waals surface area contributed by atoms with E-state index in [1.807, 2.05) is 17.9 Å². The first-order chi connectivity index (χ1) is 12.7. The van der Waals surface area contributed by atoms with Crippen molar-refractivity contribution < 1.29 is 4.39 Å². The van der Waals surface area contributed by atoms with Crippen LogP contribution in [-0.2, 0) is 13.6 Å². The van der Waals surface area contributed by atoms with Gasteiger partial charge in [0.05, 0.1) is 17.6 Å². The minimum Gasteiger partial charge on any atom is -0.298 e. The minimum absolute atomic E-state index is 0.237. The van der Waals surface area contributed by atoms with E-state index < -0.39 is 0 Å². The number of nitrogens with zero attached hydrogens (tertiary/aromatic N) is 5. The number of hydrogen-bond acceptors (Lipinski definition) is 4. The number of hydrogen-bond donors (Lipinski definition) is 0. The molecule has 1 saturated heterocycles. The molecule has 1 unspecified atom stereocenters. The largest absolute Gasteiger partial charge is 0.298 e. The van der Waals surface area contributed by atoms with Crippen LogP contribution in [0, 0.1) is 5.82 Å². The second kappa shape index (κ2) is 7.33. The van der Waals surface area contributed by atoms with E-state index >= 15 is 0 Å². The molecule has 0 N–H and O–H groups in total. The normalized spacial score (nSPS) is 18.2. The lowest BCUT2D eigenvalue weighted by molar-refractivity contribution is 0.198. The Kier molecular flexibility index (Phi) is 4.75. The first-order valence-corrected chi connectivity index (χ1v) is 8.96. The summed E-state index contributed by atoms with van der Waals surface area (Å²) in [4.78, 5) is 11.6. The highest BCUT2D eigenvalue weighted by Gasteiger charge is 2.25. The topological polar surface area (TPSA) is 46.8 Å². The number of aryl methyl sites for hydroxylation is 1. The zero-order valence-electron chi connectivity index (χ0n) is 14.8. The number of benzene rings is 1. The lowest BCUT2D eigenvalue weighted by atomic mass is 9.91. The van der Waals surface area contributed by atoms with E-state index in [-0.39, 0.29) is 5.82 Å². The van der Waals surface area contributed by atoms with Crippen LogP contribution in [0.2, 0.25) is 0 Å². The van der Waals surface area contributed by atoms with Crippen LogP contribution >= 0.6 is 0 Å². The molecule has 1 aromatic carbocycles. The number of likely N-dealkylation sites (tertiary alicyclic amines) is 1. The van der Waals surface area contributed by atoms with E-state index in [4.69, 9.17) is 0 Å². The Morgan fingerprint density at radius 1 is 1.15 bits per heavy atom. The van der Waals surface area contributed by atoms with Crippen molar-refractivity contribution in [2.75, 3.05) is 13.1 Å². The Bertz CT molecular complexity index is 874. The van der Waals surface area contributed by atoms with Crippen LogP contribution in [-0.4, -0.2) is 37.7 Å². The van der Waals surface area contributed by atoms with Gasteiger partial charge in [-0.1, -0.05) is 0 Å². The molecule has 0 saturated carbocycles. The molecule has 5 nitrogen and oxygen atoms in total. The van der Waals surface area contributed by atoms with Crippen molar-refractivity contribution in [1.29, 1.82) is 0 Å². The molecular weight excluding hydrogens is 329 g/mol. The van der Waals surface area contributed by atoms with Gasteiger partial charge in [0.15, 0.2) is 0 Å². The Morgan fingerprint density at radius 2 is 1.96 bits per heavy atom. The van der Waals surface area contributed by atoms with Crippen LogP contribution in [0.3, 0.4) is 0 Å². The monoisotopic (exact) mass is 351 g/mol. The van der Waals surface area contributed by atoms with Crippen LogP contribution in [0.25, 0.3) is 11.3 Å². The van der Waals surface area contributed by atoms with Crippen molar-refractivity contribution in [3.63, 3.8) is 0 Å².